The lowest BCUT2D eigenvalue weighted by Gasteiger charge is -2.33. The van der Waals surface area contributed by atoms with Gasteiger partial charge in [0.25, 0.3) is 0 Å². The fourth-order valence-corrected chi connectivity index (χ4v) is 6.03. The van der Waals surface area contributed by atoms with E-state index >= 15 is 0 Å². The van der Waals surface area contributed by atoms with Crippen molar-refractivity contribution < 1.29 is 58.5 Å². The van der Waals surface area contributed by atoms with E-state index in [0.717, 1.165) is 83.6 Å². The van der Waals surface area contributed by atoms with Crippen molar-refractivity contribution in [3.63, 3.8) is 0 Å². The molecule has 0 aliphatic carbocycles. The summed E-state index contributed by atoms with van der Waals surface area (Å²) < 4.78 is 0. The molecule has 0 aromatic heterocycles. The zero-order chi connectivity index (χ0) is 49.5. The molecule has 8 aliphatic rings. The summed E-state index contributed by atoms with van der Waals surface area (Å²) in [7, 11) is 15.0. The Kier molecular flexibility index (Phi) is 34.9. The highest BCUT2D eigenvalue weighted by Crippen LogP contribution is 2.24. The average molecular weight is 979 g/mol. The van der Waals surface area contributed by atoms with Crippen molar-refractivity contribution in [2.45, 2.75) is 57.8 Å². The first kappa shape index (κ1) is 63.7. The lowest BCUT2D eigenvalue weighted by atomic mass is 10.1. The Bertz CT molecular complexity index is 1280. The smallest absolute Gasteiger partial charge is 0.304 e. The third-order valence-corrected chi connectivity index (χ3v) is 10.9. The number of hydrogen-bond donors (Lipinski definition) is 0. The monoisotopic (exact) mass is 979 g/mol. The molecule has 67 heavy (non-hydrogen) atoms. The van der Waals surface area contributed by atoms with Gasteiger partial charge >= 0.3 is 11.8 Å². The number of hydrogen-bond acceptors (Lipinski definition) is 25. The van der Waals surface area contributed by atoms with Gasteiger partial charge in [-0.05, 0) is 39.2 Å². The molecule has 8 heterocycles. The molecule has 8 aliphatic heterocycles. The number of hydroxylamine groups is 16. The number of piperazine rings is 2. The highest BCUT2D eigenvalue weighted by molar-refractivity contribution is 4.82. The van der Waals surface area contributed by atoms with Crippen molar-refractivity contribution in [3.8, 4) is 0 Å². The first-order valence-corrected chi connectivity index (χ1v) is 21.9. The molecule has 8 saturated heterocycles. The van der Waals surface area contributed by atoms with Crippen LogP contribution in [0.4, 0.5) is 0 Å². The lowest BCUT2D eigenvalue weighted by molar-refractivity contribution is -0.817. The molecular formula is C37H82N14O16. The molecule has 0 radical (unpaired) electrons. The van der Waals surface area contributed by atoms with Crippen LogP contribution in [0.5, 0.6) is 0 Å². The van der Waals surface area contributed by atoms with E-state index in [2.05, 4.69) is 21.6 Å². The zero-order valence-corrected chi connectivity index (χ0v) is 40.5. The molecule has 2 unspecified atom stereocenters. The van der Waals surface area contributed by atoms with E-state index in [1.165, 1.54) is 62.8 Å². The van der Waals surface area contributed by atoms with Crippen LogP contribution in [-0.2, 0) is 38.7 Å². The molecular weight excluding hydrogens is 896 g/mol. The molecule has 30 nitrogen and oxygen atoms in total. The Morgan fingerprint density at radius 1 is 0.418 bits per heavy atom. The van der Waals surface area contributed by atoms with Gasteiger partial charge in [0.2, 0.25) is 0 Å². The molecule has 30 heteroatoms. The van der Waals surface area contributed by atoms with Gasteiger partial charge in [0.05, 0.1) is 70.0 Å². The second kappa shape index (κ2) is 36.7. The maximum Gasteiger partial charge on any atom is 0.487 e. The standard InChI is InChI=1S/C6H14N2O.C6H13NO.C5H11N3O3.C5H11NO.C4H7N3O5.C4H9NO.C3H6N2O3.C3H7NO.CH4/c1-7-3-5-8(9-2)6-4-7;1-8-7-5-3-2-4-6-7;1-11-7-4-2-6(3-5-7)8(9)10;1-7-6-4-2-3-5-6;1-12-5-2-4(3-5,6(8)9)7(10)11;1-6-5-3-2-4-5;1-8-4-2-3(4)5(6)7;1-5-4-2-3-4;/h3-6H2,1-2H3;2-6H2,1H3;2-5H2,1H3;2-5H2,1H3;2-3H2,1H3;2-4H2,1H3;3H,2H2,1H3;2-3H2,1H3;1H4. The van der Waals surface area contributed by atoms with Crippen LogP contribution in [0.15, 0.2) is 0 Å². The van der Waals surface area contributed by atoms with Gasteiger partial charge in [0.15, 0.2) is 18.1 Å². The molecule has 0 aromatic carbocycles. The normalized spacial score (nSPS) is 23.7. The third kappa shape index (κ3) is 26.9. The van der Waals surface area contributed by atoms with Crippen LogP contribution < -0.4 is 0 Å². The van der Waals surface area contributed by atoms with Gasteiger partial charge in [-0.3, -0.25) is 35.2 Å². The van der Waals surface area contributed by atoms with Crippen molar-refractivity contribution >= 4 is 0 Å². The Balaban J connectivity index is 0.000000750. The van der Waals surface area contributed by atoms with Crippen molar-refractivity contribution in [2.75, 3.05) is 188 Å². The van der Waals surface area contributed by atoms with Gasteiger partial charge in [-0.15, -0.1) is 10.1 Å². The van der Waals surface area contributed by atoms with Gasteiger partial charge in [0, 0.05) is 96.5 Å². The minimum absolute atomic E-state index is 0. The summed E-state index contributed by atoms with van der Waals surface area (Å²) in [5.74, 6) is 0. The fraction of sp³-hybridized carbons (Fsp3) is 1.00. The van der Waals surface area contributed by atoms with Crippen LogP contribution in [0.2, 0.25) is 0 Å². The number of nitro groups is 4. The Labute approximate surface area is 395 Å². The molecule has 0 N–H and O–H groups in total. The van der Waals surface area contributed by atoms with E-state index in [-0.39, 0.29) is 30.5 Å². The van der Waals surface area contributed by atoms with Gasteiger partial charge in [-0.2, -0.15) is 35.4 Å². The number of likely N-dealkylation sites (N-methyl/N-ethyl adjacent to an activating group) is 1. The number of piperidine rings is 1. The Hall–Kier alpha value is -3.28. The summed E-state index contributed by atoms with van der Waals surface area (Å²) in [4.78, 5) is 79.3. The fourth-order valence-electron chi connectivity index (χ4n) is 6.03. The van der Waals surface area contributed by atoms with Crippen molar-refractivity contribution in [1.82, 2.24) is 50.4 Å². The van der Waals surface area contributed by atoms with Crippen molar-refractivity contribution in [2.24, 2.45) is 0 Å². The molecule has 2 atom stereocenters. The molecule has 0 spiro atoms. The predicted octanol–water partition coefficient (Wildman–Crippen LogP) is 0.162. The van der Waals surface area contributed by atoms with Gasteiger partial charge in [-0.1, -0.05) is 13.8 Å². The van der Waals surface area contributed by atoms with Crippen molar-refractivity contribution in [1.29, 1.82) is 0 Å². The zero-order valence-electron chi connectivity index (χ0n) is 40.5. The summed E-state index contributed by atoms with van der Waals surface area (Å²) in [6, 6.07) is 0. The SMILES string of the molecule is C.CON1CC([N+](=O)[O-])([N+](=O)[O-])C1.CON1CC1.CON1CC1[N+](=O)[O-].CON1CCC1.CON1CCCC1.CON1CCCCC1.CON1CCN(C)CC1.CON1CCN([N+](=O)[O-])CC1. The predicted molar refractivity (Wildman–Crippen MR) is 242 cm³/mol. The van der Waals surface area contributed by atoms with Crippen molar-refractivity contribution in [3.05, 3.63) is 40.5 Å². The Morgan fingerprint density at radius 3 is 0.955 bits per heavy atom. The van der Waals surface area contributed by atoms with Crippen LogP contribution in [0, 0.1) is 40.5 Å². The van der Waals surface area contributed by atoms with E-state index in [1.54, 1.807) is 47.7 Å². The van der Waals surface area contributed by atoms with E-state index in [4.69, 9.17) is 29.0 Å². The first-order chi connectivity index (χ1) is 31.6. The minimum Gasteiger partial charge on any atom is -0.304 e. The lowest BCUT2D eigenvalue weighted by Crippen LogP contribution is -2.69. The second-order valence-corrected chi connectivity index (χ2v) is 15.3. The topological polar surface area (TPSA) is 278 Å². The average Bonchev–Trinajstić information content (AvgIpc) is 4.24. The van der Waals surface area contributed by atoms with Crippen LogP contribution in [0.1, 0.15) is 46.0 Å². The summed E-state index contributed by atoms with van der Waals surface area (Å²) in [6.45, 7) is 15.1. The summed E-state index contributed by atoms with van der Waals surface area (Å²) in [6.07, 6.45) is 7.29. The van der Waals surface area contributed by atoms with Crippen LogP contribution in [0.3, 0.4) is 0 Å². The van der Waals surface area contributed by atoms with E-state index in [0.29, 0.717) is 32.7 Å². The number of nitrogens with zero attached hydrogens (tertiary/aromatic N) is 14. The van der Waals surface area contributed by atoms with E-state index < -0.39 is 21.7 Å². The highest BCUT2D eigenvalue weighted by Gasteiger charge is 2.67. The number of hydrazine groups is 1. The molecule has 0 amide bonds. The summed E-state index contributed by atoms with van der Waals surface area (Å²) >= 11 is 0. The molecule has 8 fully saturated rings. The molecule has 0 aromatic rings. The third-order valence-electron chi connectivity index (χ3n) is 10.9. The van der Waals surface area contributed by atoms with Crippen LogP contribution in [-0.4, -0.2) is 270 Å². The Morgan fingerprint density at radius 2 is 0.731 bits per heavy atom. The molecule has 0 bridgehead atoms. The summed E-state index contributed by atoms with van der Waals surface area (Å²) in [5.41, 5.74) is -2.06. The van der Waals surface area contributed by atoms with Gasteiger partial charge < -0.3 is 38.8 Å². The number of rotatable bonds is 12. The van der Waals surface area contributed by atoms with E-state index in [1.807, 2.05) is 25.3 Å². The maximum absolute atomic E-state index is 10.3. The maximum atomic E-state index is 10.3. The first-order valence-electron chi connectivity index (χ1n) is 21.9. The largest absolute Gasteiger partial charge is 0.487 e. The van der Waals surface area contributed by atoms with Gasteiger partial charge in [-0.25, -0.2) is 10.1 Å². The quantitative estimate of drug-likeness (QED) is 0.109. The minimum atomic E-state index is -2.06. The van der Waals surface area contributed by atoms with E-state index in [9.17, 15) is 40.5 Å². The second-order valence-electron chi connectivity index (χ2n) is 15.3. The highest BCUT2D eigenvalue weighted by atomic mass is 16.7. The van der Waals surface area contributed by atoms with Crippen LogP contribution >= 0.6 is 0 Å². The summed E-state index contributed by atoms with van der Waals surface area (Å²) in [5, 5.41) is 55.4. The molecule has 396 valence electrons. The van der Waals surface area contributed by atoms with Gasteiger partial charge in [0.1, 0.15) is 16.4 Å². The molecule has 0 saturated carbocycles. The van der Waals surface area contributed by atoms with Crippen LogP contribution in [0.25, 0.3) is 0 Å². The molecule has 8 rings (SSSR count).